The molecular weight excluding hydrogens is 386 g/mol. The van der Waals surface area contributed by atoms with E-state index in [4.69, 9.17) is 9.72 Å². The molecule has 1 aliphatic heterocycles. The zero-order valence-corrected chi connectivity index (χ0v) is 17.3. The van der Waals surface area contributed by atoms with E-state index in [-0.39, 0.29) is 11.9 Å². The lowest BCUT2D eigenvalue weighted by atomic mass is 10.0. The highest BCUT2D eigenvalue weighted by Crippen LogP contribution is 2.26. The molecule has 0 saturated heterocycles. The van der Waals surface area contributed by atoms with Gasteiger partial charge in [-0.2, -0.15) is 0 Å². The van der Waals surface area contributed by atoms with E-state index in [9.17, 15) is 4.79 Å². The monoisotopic (exact) mass is 411 g/mol. The van der Waals surface area contributed by atoms with E-state index in [0.717, 1.165) is 41.2 Å². The van der Waals surface area contributed by atoms with E-state index in [2.05, 4.69) is 34.6 Å². The van der Waals surface area contributed by atoms with Gasteiger partial charge in [-0.25, -0.2) is 4.98 Å². The second-order valence-electron chi connectivity index (χ2n) is 7.99. The molecule has 0 radical (unpaired) electrons. The van der Waals surface area contributed by atoms with Crippen LogP contribution in [0.25, 0.3) is 11.0 Å². The summed E-state index contributed by atoms with van der Waals surface area (Å²) in [5, 5.41) is 3.21. The molecule has 1 amide bonds. The predicted molar refractivity (Wildman–Crippen MR) is 121 cm³/mol. The number of carbonyl (C=O) groups is 1. The van der Waals surface area contributed by atoms with Crippen LogP contribution in [0.1, 0.15) is 35.0 Å². The Kier molecular flexibility index (Phi) is 5.40. The van der Waals surface area contributed by atoms with Crippen LogP contribution in [0, 0.1) is 0 Å². The van der Waals surface area contributed by atoms with Gasteiger partial charge in [0.05, 0.1) is 23.7 Å². The van der Waals surface area contributed by atoms with Crippen molar-refractivity contribution in [2.75, 3.05) is 6.61 Å². The summed E-state index contributed by atoms with van der Waals surface area (Å²) in [4.78, 5) is 21.0. The van der Waals surface area contributed by atoms with Gasteiger partial charge in [-0.15, -0.1) is 0 Å². The molecule has 0 spiro atoms. The number of hydrogen-bond donors (Lipinski definition) is 2. The van der Waals surface area contributed by atoms with Crippen LogP contribution in [0.5, 0.6) is 5.75 Å². The first-order valence-corrected chi connectivity index (χ1v) is 10.8. The molecule has 1 aromatic heterocycles. The fourth-order valence-corrected chi connectivity index (χ4v) is 4.12. The Morgan fingerprint density at radius 1 is 1.03 bits per heavy atom. The standard InChI is InChI=1S/C26H25N3O2/c30-25(13-11-19-10-12-24-20(16-19)14-15-31-24)27-23(17-18-6-2-1-3-7-18)26-28-21-8-4-5-9-22(21)29-26/h1-10,12,16,23H,11,13-15,17H2,(H,27,30)(H,28,29). The molecule has 5 rings (SSSR count). The van der Waals surface area contributed by atoms with Crippen molar-refractivity contribution in [2.45, 2.75) is 31.7 Å². The molecule has 1 atom stereocenters. The van der Waals surface area contributed by atoms with Gasteiger partial charge in [-0.05, 0) is 47.7 Å². The number of aryl methyl sites for hydroxylation is 1. The lowest BCUT2D eigenvalue weighted by Crippen LogP contribution is -2.31. The molecule has 31 heavy (non-hydrogen) atoms. The Bertz CT molecular complexity index is 1170. The number of carbonyl (C=O) groups excluding carboxylic acids is 1. The summed E-state index contributed by atoms with van der Waals surface area (Å²) in [5.41, 5.74) is 5.45. The normalized spacial score (nSPS) is 13.5. The van der Waals surface area contributed by atoms with Crippen molar-refractivity contribution >= 4 is 16.9 Å². The number of fused-ring (bicyclic) bond motifs is 2. The zero-order valence-electron chi connectivity index (χ0n) is 17.3. The van der Waals surface area contributed by atoms with Gasteiger partial charge in [0.2, 0.25) is 5.91 Å². The number of amides is 1. The number of nitrogens with zero attached hydrogens (tertiary/aromatic N) is 1. The summed E-state index contributed by atoms with van der Waals surface area (Å²) in [6.45, 7) is 0.748. The van der Waals surface area contributed by atoms with Crippen molar-refractivity contribution in [1.29, 1.82) is 0 Å². The molecule has 0 aliphatic carbocycles. The number of para-hydroxylation sites is 2. The first kappa shape index (κ1) is 19.4. The molecule has 1 unspecified atom stereocenters. The fraction of sp³-hybridized carbons (Fsp3) is 0.231. The van der Waals surface area contributed by atoms with E-state index >= 15 is 0 Å². The van der Waals surface area contributed by atoms with Crippen LogP contribution >= 0.6 is 0 Å². The van der Waals surface area contributed by atoms with Crippen molar-refractivity contribution < 1.29 is 9.53 Å². The highest BCUT2D eigenvalue weighted by atomic mass is 16.5. The molecule has 0 fully saturated rings. The summed E-state index contributed by atoms with van der Waals surface area (Å²) >= 11 is 0. The number of imidazole rings is 1. The number of nitrogens with one attached hydrogen (secondary N) is 2. The molecular formula is C26H25N3O2. The van der Waals surface area contributed by atoms with Gasteiger partial charge >= 0.3 is 0 Å². The quantitative estimate of drug-likeness (QED) is 0.470. The zero-order chi connectivity index (χ0) is 21.0. The molecule has 2 N–H and O–H groups in total. The first-order chi connectivity index (χ1) is 15.2. The van der Waals surface area contributed by atoms with Gasteiger partial charge in [-0.3, -0.25) is 4.79 Å². The molecule has 5 heteroatoms. The number of hydrogen-bond acceptors (Lipinski definition) is 3. The predicted octanol–water partition coefficient (Wildman–Crippen LogP) is 4.53. The van der Waals surface area contributed by atoms with Gasteiger partial charge in [0.1, 0.15) is 11.6 Å². The Morgan fingerprint density at radius 2 is 1.87 bits per heavy atom. The van der Waals surface area contributed by atoms with Gasteiger partial charge < -0.3 is 15.0 Å². The number of benzene rings is 3. The van der Waals surface area contributed by atoms with Crippen molar-refractivity contribution in [3.8, 4) is 5.75 Å². The highest BCUT2D eigenvalue weighted by Gasteiger charge is 2.19. The van der Waals surface area contributed by atoms with Crippen molar-refractivity contribution in [3.63, 3.8) is 0 Å². The smallest absolute Gasteiger partial charge is 0.220 e. The van der Waals surface area contributed by atoms with Crippen molar-refractivity contribution in [1.82, 2.24) is 15.3 Å². The maximum atomic E-state index is 12.9. The summed E-state index contributed by atoms with van der Waals surface area (Å²) in [6.07, 6.45) is 2.77. The Balaban J connectivity index is 1.30. The second-order valence-corrected chi connectivity index (χ2v) is 7.99. The number of rotatable bonds is 7. The van der Waals surface area contributed by atoms with E-state index in [1.54, 1.807) is 0 Å². The lowest BCUT2D eigenvalue weighted by Gasteiger charge is -2.17. The SMILES string of the molecule is O=C(CCc1ccc2c(c1)CCO2)NC(Cc1ccccc1)c1nc2ccccc2[nH]1. The summed E-state index contributed by atoms with van der Waals surface area (Å²) in [5.74, 6) is 1.78. The van der Waals surface area contributed by atoms with Crippen LogP contribution in [-0.2, 0) is 24.1 Å². The molecule has 4 aromatic rings. The minimum Gasteiger partial charge on any atom is -0.493 e. The molecule has 0 saturated carbocycles. The maximum absolute atomic E-state index is 12.9. The third-order valence-corrected chi connectivity index (χ3v) is 5.75. The van der Waals surface area contributed by atoms with Gasteiger partial charge in [0.15, 0.2) is 0 Å². The van der Waals surface area contributed by atoms with E-state index in [1.165, 1.54) is 11.1 Å². The number of ether oxygens (including phenoxy) is 1. The van der Waals surface area contributed by atoms with Crippen LogP contribution in [-0.4, -0.2) is 22.5 Å². The Hall–Kier alpha value is -3.60. The molecule has 156 valence electrons. The molecule has 3 aromatic carbocycles. The lowest BCUT2D eigenvalue weighted by molar-refractivity contribution is -0.121. The van der Waals surface area contributed by atoms with Gasteiger partial charge in [-0.1, -0.05) is 54.6 Å². The topological polar surface area (TPSA) is 67.0 Å². The van der Waals surface area contributed by atoms with E-state index in [1.807, 2.05) is 48.5 Å². The van der Waals surface area contributed by atoms with Crippen LogP contribution in [0.2, 0.25) is 0 Å². The third kappa shape index (κ3) is 4.45. The molecule has 5 nitrogen and oxygen atoms in total. The van der Waals surface area contributed by atoms with Crippen LogP contribution in [0.3, 0.4) is 0 Å². The maximum Gasteiger partial charge on any atom is 0.220 e. The Morgan fingerprint density at radius 3 is 2.74 bits per heavy atom. The summed E-state index contributed by atoms with van der Waals surface area (Å²) in [6, 6.07) is 24.2. The Labute approximate surface area is 181 Å². The minimum atomic E-state index is -0.212. The first-order valence-electron chi connectivity index (χ1n) is 10.8. The molecule has 0 bridgehead atoms. The van der Waals surface area contributed by atoms with Gasteiger partial charge in [0, 0.05) is 12.8 Å². The number of aromatic amines is 1. The average Bonchev–Trinajstić information content (AvgIpc) is 3.44. The second kappa shape index (κ2) is 8.64. The largest absolute Gasteiger partial charge is 0.493 e. The molecule has 2 heterocycles. The highest BCUT2D eigenvalue weighted by molar-refractivity contribution is 5.78. The fourth-order valence-electron chi connectivity index (χ4n) is 4.12. The summed E-state index contributed by atoms with van der Waals surface area (Å²) in [7, 11) is 0. The van der Waals surface area contributed by atoms with Crippen LogP contribution in [0.15, 0.2) is 72.8 Å². The van der Waals surface area contributed by atoms with Gasteiger partial charge in [0.25, 0.3) is 0 Å². The molecule has 1 aliphatic rings. The van der Waals surface area contributed by atoms with E-state index < -0.39 is 0 Å². The number of H-pyrrole nitrogens is 1. The van der Waals surface area contributed by atoms with Crippen molar-refractivity contribution in [3.05, 3.63) is 95.3 Å². The van der Waals surface area contributed by atoms with Crippen LogP contribution < -0.4 is 10.1 Å². The summed E-state index contributed by atoms with van der Waals surface area (Å²) < 4.78 is 5.57. The third-order valence-electron chi connectivity index (χ3n) is 5.75. The van der Waals surface area contributed by atoms with E-state index in [0.29, 0.717) is 19.3 Å². The van der Waals surface area contributed by atoms with Crippen molar-refractivity contribution in [2.24, 2.45) is 0 Å². The minimum absolute atomic E-state index is 0.0261. The van der Waals surface area contributed by atoms with Crippen LogP contribution in [0.4, 0.5) is 0 Å². The number of aromatic nitrogens is 2. The average molecular weight is 412 g/mol.